The van der Waals surface area contributed by atoms with Crippen LogP contribution >= 0.6 is 0 Å². The van der Waals surface area contributed by atoms with Crippen LogP contribution in [0.15, 0.2) is 139 Å². The summed E-state index contributed by atoms with van der Waals surface area (Å²) in [6.07, 6.45) is 4.11. The minimum absolute atomic E-state index is 0. The Hall–Kier alpha value is -5.12. The molecule has 2 aromatic heterocycles. The fourth-order valence-corrected chi connectivity index (χ4v) is 6.71. The van der Waals surface area contributed by atoms with Gasteiger partial charge in [-0.25, -0.2) is 4.98 Å². The summed E-state index contributed by atoms with van der Waals surface area (Å²) >= 11 is 0. The van der Waals surface area contributed by atoms with Gasteiger partial charge in [-0.3, -0.25) is 0 Å². The number of fused-ring (bicyclic) bond motifs is 3. The quantitative estimate of drug-likeness (QED) is 0.156. The van der Waals surface area contributed by atoms with Gasteiger partial charge in [0.05, 0.1) is 0 Å². The van der Waals surface area contributed by atoms with Crippen LogP contribution in [0.1, 0.15) is 47.1 Å². The van der Waals surface area contributed by atoms with Gasteiger partial charge in [-0.05, 0) is 64.0 Å². The van der Waals surface area contributed by atoms with E-state index >= 15 is 0 Å². The largest absolute Gasteiger partial charge is 0.509 e. The molecular formula is C46H41N4OPt-3. The minimum atomic E-state index is -0.127. The summed E-state index contributed by atoms with van der Waals surface area (Å²) in [4.78, 5) is 9.22. The normalized spacial score (nSPS) is 13.4. The van der Waals surface area contributed by atoms with Gasteiger partial charge in [-0.2, -0.15) is 12.1 Å². The molecule has 5 nitrogen and oxygen atoms in total. The second-order valence-corrected chi connectivity index (χ2v) is 15.2. The topological polar surface area (TPSA) is 33.5 Å². The number of hydrogen-bond donors (Lipinski definition) is 0. The van der Waals surface area contributed by atoms with Gasteiger partial charge in [0.2, 0.25) is 0 Å². The monoisotopic (exact) mass is 860 g/mol. The minimum Gasteiger partial charge on any atom is -0.509 e. The molecule has 0 bridgehead atoms. The summed E-state index contributed by atoms with van der Waals surface area (Å²) < 4.78 is 8.72. The number of ether oxygens (including phenoxy) is 1. The Labute approximate surface area is 321 Å². The van der Waals surface area contributed by atoms with Crippen LogP contribution in [0.4, 0.5) is 11.4 Å². The van der Waals surface area contributed by atoms with Crippen LogP contribution in [-0.4, -0.2) is 9.55 Å². The van der Waals surface area contributed by atoms with Crippen molar-refractivity contribution in [3.05, 3.63) is 164 Å². The number of anilines is 2. The molecule has 1 aliphatic rings. The zero-order chi connectivity index (χ0) is 35.3. The van der Waals surface area contributed by atoms with E-state index in [0.29, 0.717) is 11.5 Å². The van der Waals surface area contributed by atoms with Gasteiger partial charge in [-0.1, -0.05) is 108 Å². The Balaban J connectivity index is 0.00000420. The maximum absolute atomic E-state index is 6.53. The summed E-state index contributed by atoms with van der Waals surface area (Å²) in [5.41, 5.74) is 8.61. The third kappa shape index (κ3) is 6.78. The van der Waals surface area contributed by atoms with Gasteiger partial charge in [0.1, 0.15) is 5.82 Å². The van der Waals surface area contributed by atoms with Crippen molar-refractivity contribution < 1.29 is 25.8 Å². The standard InChI is InChI=1S/C46H41N4O.Pt/c1-45(2,3)34-24-25-47-44(27-34)50-41-21-11-10-20-39(41)40-23-22-38(29-42(40)50)51-37-19-13-18-36(28-37)49-31-48(30-43(49)46(4,5)6)35-17-12-16-33(26-35)32-14-8-7-9-15-32;/h7-27,30-31H,1-6H3;/q-3;. The second kappa shape index (κ2) is 13.8. The van der Waals surface area contributed by atoms with Crippen molar-refractivity contribution in [2.45, 2.75) is 47.0 Å². The fraction of sp³-hybridized carbons (Fsp3) is 0.174. The summed E-state index contributed by atoms with van der Waals surface area (Å²) in [6, 6.07) is 49.2. The van der Waals surface area contributed by atoms with Crippen LogP contribution in [0.5, 0.6) is 11.5 Å². The number of aromatic nitrogens is 2. The van der Waals surface area contributed by atoms with Gasteiger partial charge in [0.15, 0.2) is 0 Å². The zero-order valence-corrected chi connectivity index (χ0v) is 32.6. The third-order valence-electron chi connectivity index (χ3n) is 9.41. The molecule has 0 saturated carbocycles. The average Bonchev–Trinajstić information content (AvgIpc) is 3.73. The van der Waals surface area contributed by atoms with Crippen molar-refractivity contribution in [2.75, 3.05) is 9.80 Å². The average molecular weight is 861 g/mol. The Morgan fingerprint density at radius 2 is 1.38 bits per heavy atom. The molecule has 0 spiro atoms. The molecule has 5 aromatic carbocycles. The van der Waals surface area contributed by atoms with E-state index in [0.717, 1.165) is 44.7 Å². The first-order valence-electron chi connectivity index (χ1n) is 17.5. The van der Waals surface area contributed by atoms with Gasteiger partial charge in [0.25, 0.3) is 0 Å². The fourth-order valence-electron chi connectivity index (χ4n) is 6.71. The molecule has 0 radical (unpaired) electrons. The molecule has 6 heteroatoms. The molecule has 264 valence electrons. The van der Waals surface area contributed by atoms with Gasteiger partial charge < -0.3 is 19.1 Å². The van der Waals surface area contributed by atoms with Crippen LogP contribution < -0.4 is 14.5 Å². The predicted molar refractivity (Wildman–Crippen MR) is 210 cm³/mol. The van der Waals surface area contributed by atoms with Crippen LogP contribution in [-0.2, 0) is 26.5 Å². The van der Waals surface area contributed by atoms with Crippen molar-refractivity contribution in [1.82, 2.24) is 9.55 Å². The molecule has 0 atom stereocenters. The Morgan fingerprint density at radius 1 is 0.654 bits per heavy atom. The number of nitrogens with zero attached hydrogens (tertiary/aromatic N) is 4. The Bertz CT molecular complexity index is 2420. The molecule has 0 unspecified atom stereocenters. The predicted octanol–water partition coefficient (Wildman–Crippen LogP) is 11.9. The van der Waals surface area contributed by atoms with Crippen molar-refractivity contribution in [1.29, 1.82) is 0 Å². The number of pyridine rings is 1. The van der Waals surface area contributed by atoms with E-state index in [9.17, 15) is 0 Å². The first-order valence-corrected chi connectivity index (χ1v) is 17.5. The van der Waals surface area contributed by atoms with Crippen molar-refractivity contribution in [3.8, 4) is 28.4 Å². The summed E-state index contributed by atoms with van der Waals surface area (Å²) in [5, 5.41) is 2.25. The Kier molecular flexibility index (Phi) is 9.35. The first-order chi connectivity index (χ1) is 24.5. The first kappa shape index (κ1) is 35.3. The smallest absolute Gasteiger partial charge is 0.135 e. The van der Waals surface area contributed by atoms with Crippen molar-refractivity contribution in [3.63, 3.8) is 0 Å². The SMILES string of the molecule is CC(C)(C)C1=CN(c2cccc(-c3ccccc3)c2)[CH-]N1c1[c-]c(Oc2[c-]c3c(cc2)c2ccccc2n3-c2cc(C(C)(C)C)ccn2)ccc1.[Pt]. The van der Waals surface area contributed by atoms with Gasteiger partial charge in [0, 0.05) is 61.1 Å². The van der Waals surface area contributed by atoms with E-state index in [4.69, 9.17) is 9.72 Å². The zero-order valence-electron chi connectivity index (χ0n) is 30.3. The van der Waals surface area contributed by atoms with E-state index in [-0.39, 0.29) is 31.9 Å². The number of benzene rings is 5. The van der Waals surface area contributed by atoms with Crippen LogP contribution in [0.2, 0.25) is 0 Å². The van der Waals surface area contributed by atoms with E-state index in [1.807, 2.05) is 30.5 Å². The van der Waals surface area contributed by atoms with Crippen LogP contribution in [0.25, 0.3) is 38.8 Å². The molecular weight excluding hydrogens is 820 g/mol. The molecule has 52 heavy (non-hydrogen) atoms. The maximum atomic E-state index is 6.53. The molecule has 0 fully saturated rings. The summed E-state index contributed by atoms with van der Waals surface area (Å²) in [7, 11) is 0. The van der Waals surface area contributed by atoms with E-state index in [1.165, 1.54) is 16.7 Å². The molecule has 0 amide bonds. The van der Waals surface area contributed by atoms with Crippen LogP contribution in [0, 0.1) is 24.2 Å². The van der Waals surface area contributed by atoms with Gasteiger partial charge in [-0.15, -0.1) is 48.1 Å². The van der Waals surface area contributed by atoms with Gasteiger partial charge >= 0.3 is 0 Å². The van der Waals surface area contributed by atoms with Crippen molar-refractivity contribution in [2.24, 2.45) is 5.41 Å². The molecule has 0 aliphatic carbocycles. The molecule has 0 saturated heterocycles. The summed E-state index contributed by atoms with van der Waals surface area (Å²) in [6.45, 7) is 15.5. The van der Waals surface area contributed by atoms with E-state index < -0.39 is 0 Å². The molecule has 1 aliphatic heterocycles. The Morgan fingerprint density at radius 3 is 2.17 bits per heavy atom. The number of para-hydroxylation sites is 1. The van der Waals surface area contributed by atoms with Crippen LogP contribution in [0.3, 0.4) is 0 Å². The number of allylic oxidation sites excluding steroid dienone is 1. The van der Waals surface area contributed by atoms with E-state index in [1.54, 1.807) is 0 Å². The molecule has 3 heterocycles. The van der Waals surface area contributed by atoms with Crippen molar-refractivity contribution >= 4 is 33.2 Å². The molecule has 7 aromatic rings. The number of rotatable bonds is 6. The van der Waals surface area contributed by atoms with E-state index in [2.05, 4.69) is 178 Å². The maximum Gasteiger partial charge on any atom is 0.135 e. The summed E-state index contributed by atoms with van der Waals surface area (Å²) in [5.74, 6) is 2.09. The molecule has 0 N–H and O–H groups in total. The molecule has 8 rings (SSSR count). The third-order valence-corrected chi connectivity index (χ3v) is 9.41. The number of hydrogen-bond acceptors (Lipinski definition) is 4. The second-order valence-electron chi connectivity index (χ2n) is 15.2.